The van der Waals surface area contributed by atoms with Crippen molar-refractivity contribution < 1.29 is 9.59 Å². The minimum atomic E-state index is -0.658. The number of nitrogens with zero attached hydrogens (tertiary/aromatic N) is 2. The molecular weight excluding hydrogens is 496 g/mol. The maximum Gasteiger partial charge on any atom is 0.245 e. The molecule has 0 spiro atoms. The number of amides is 2. The van der Waals surface area contributed by atoms with Crippen LogP contribution in [0.4, 0.5) is 5.69 Å². The lowest BCUT2D eigenvalue weighted by Crippen LogP contribution is -2.60. The van der Waals surface area contributed by atoms with Crippen molar-refractivity contribution in [2.75, 3.05) is 31.1 Å². The molecule has 0 radical (unpaired) electrons. The van der Waals surface area contributed by atoms with E-state index in [9.17, 15) is 9.59 Å². The van der Waals surface area contributed by atoms with Gasteiger partial charge in [0.15, 0.2) is 0 Å². The van der Waals surface area contributed by atoms with Crippen molar-refractivity contribution in [2.45, 2.75) is 44.3 Å². The SMILES string of the molecule is CC1(C)NC(C(=O)N[C@H](Cc2ccc(Cl)cc2)C(=O)N2CCN(c3ccccc3)CC2)Cc2ccccc21. The maximum absolute atomic E-state index is 13.8. The third-order valence-corrected chi connectivity index (χ3v) is 7.90. The van der Waals surface area contributed by atoms with Crippen LogP contribution in [0, 0.1) is 0 Å². The first-order chi connectivity index (χ1) is 18.3. The summed E-state index contributed by atoms with van der Waals surface area (Å²) in [4.78, 5) is 31.6. The Labute approximate surface area is 230 Å². The molecule has 2 heterocycles. The van der Waals surface area contributed by atoms with Gasteiger partial charge in [-0.25, -0.2) is 0 Å². The molecule has 0 aromatic heterocycles. The van der Waals surface area contributed by atoms with Crippen LogP contribution < -0.4 is 15.5 Å². The van der Waals surface area contributed by atoms with E-state index < -0.39 is 12.1 Å². The molecular formula is C31H35ClN4O2. The molecule has 198 valence electrons. The number of halogens is 1. The monoisotopic (exact) mass is 530 g/mol. The van der Waals surface area contributed by atoms with Crippen LogP contribution in [-0.2, 0) is 28.0 Å². The van der Waals surface area contributed by atoms with E-state index in [1.165, 1.54) is 5.56 Å². The number of hydrogen-bond donors (Lipinski definition) is 2. The molecule has 2 atom stereocenters. The van der Waals surface area contributed by atoms with Crippen LogP contribution in [-0.4, -0.2) is 55.0 Å². The first-order valence-corrected chi connectivity index (χ1v) is 13.7. The molecule has 1 saturated heterocycles. The molecule has 2 N–H and O–H groups in total. The molecule has 38 heavy (non-hydrogen) atoms. The van der Waals surface area contributed by atoms with Crippen molar-refractivity contribution in [2.24, 2.45) is 0 Å². The van der Waals surface area contributed by atoms with Crippen molar-refractivity contribution >= 4 is 29.1 Å². The van der Waals surface area contributed by atoms with E-state index in [1.54, 1.807) is 0 Å². The number of para-hydroxylation sites is 1. The van der Waals surface area contributed by atoms with Crippen LogP contribution in [0.5, 0.6) is 0 Å². The summed E-state index contributed by atoms with van der Waals surface area (Å²) in [5, 5.41) is 7.27. The van der Waals surface area contributed by atoms with Gasteiger partial charge in [0.2, 0.25) is 11.8 Å². The molecule has 1 fully saturated rings. The summed E-state index contributed by atoms with van der Waals surface area (Å²) in [7, 11) is 0. The van der Waals surface area contributed by atoms with Crippen molar-refractivity contribution in [3.05, 3.63) is 101 Å². The molecule has 1 unspecified atom stereocenters. The summed E-state index contributed by atoms with van der Waals surface area (Å²) in [6, 6.07) is 24.9. The number of anilines is 1. The molecule has 2 aliphatic heterocycles. The van der Waals surface area contributed by atoms with Crippen molar-refractivity contribution in [3.63, 3.8) is 0 Å². The number of carbonyl (C=O) groups is 2. The highest BCUT2D eigenvalue weighted by Gasteiger charge is 2.37. The van der Waals surface area contributed by atoms with Gasteiger partial charge in [-0.3, -0.25) is 14.9 Å². The van der Waals surface area contributed by atoms with E-state index in [2.05, 4.69) is 53.6 Å². The molecule has 6 nitrogen and oxygen atoms in total. The summed E-state index contributed by atoms with van der Waals surface area (Å²) >= 11 is 6.09. The highest BCUT2D eigenvalue weighted by Crippen LogP contribution is 2.30. The fourth-order valence-corrected chi connectivity index (χ4v) is 5.75. The molecule has 0 bridgehead atoms. The van der Waals surface area contributed by atoms with Gasteiger partial charge >= 0.3 is 0 Å². The van der Waals surface area contributed by atoms with Crippen LogP contribution in [0.25, 0.3) is 0 Å². The second kappa shape index (κ2) is 11.2. The molecule has 7 heteroatoms. The highest BCUT2D eigenvalue weighted by molar-refractivity contribution is 6.30. The van der Waals surface area contributed by atoms with Gasteiger partial charge in [-0.2, -0.15) is 0 Å². The number of benzene rings is 3. The fourth-order valence-electron chi connectivity index (χ4n) is 5.62. The van der Waals surface area contributed by atoms with Gasteiger partial charge in [-0.1, -0.05) is 66.2 Å². The molecule has 3 aromatic carbocycles. The van der Waals surface area contributed by atoms with Gasteiger partial charge < -0.3 is 15.1 Å². The zero-order chi connectivity index (χ0) is 26.7. The number of hydrogen-bond acceptors (Lipinski definition) is 4. The van der Waals surface area contributed by atoms with Crippen molar-refractivity contribution in [3.8, 4) is 0 Å². The first-order valence-electron chi connectivity index (χ1n) is 13.3. The topological polar surface area (TPSA) is 64.7 Å². The maximum atomic E-state index is 13.8. The van der Waals surface area contributed by atoms with Gasteiger partial charge in [0, 0.05) is 48.8 Å². The smallest absolute Gasteiger partial charge is 0.245 e. The molecule has 3 aromatic rings. The average molecular weight is 531 g/mol. The van der Waals surface area contributed by atoms with Crippen LogP contribution in [0.15, 0.2) is 78.9 Å². The summed E-state index contributed by atoms with van der Waals surface area (Å²) in [6.07, 6.45) is 0.996. The van der Waals surface area contributed by atoms with Crippen molar-refractivity contribution in [1.82, 2.24) is 15.5 Å². The minimum absolute atomic E-state index is 0.0449. The zero-order valence-corrected chi connectivity index (χ0v) is 22.7. The number of rotatable bonds is 6. The summed E-state index contributed by atoms with van der Waals surface area (Å²) in [6.45, 7) is 6.92. The third-order valence-electron chi connectivity index (χ3n) is 7.65. The van der Waals surface area contributed by atoms with E-state index in [4.69, 9.17) is 11.6 Å². The summed E-state index contributed by atoms with van der Waals surface area (Å²) in [5.41, 5.74) is 4.14. The summed E-state index contributed by atoms with van der Waals surface area (Å²) in [5.74, 6) is -0.195. The zero-order valence-electron chi connectivity index (χ0n) is 22.0. The second-order valence-electron chi connectivity index (χ2n) is 10.7. The van der Waals surface area contributed by atoms with Crippen LogP contribution in [0.3, 0.4) is 0 Å². The Balaban J connectivity index is 1.31. The van der Waals surface area contributed by atoms with E-state index in [0.717, 1.165) is 29.9 Å². The van der Waals surface area contributed by atoms with E-state index >= 15 is 0 Å². The van der Waals surface area contributed by atoms with Crippen LogP contribution in [0.2, 0.25) is 5.02 Å². The molecule has 2 aliphatic rings. The Morgan fingerprint density at radius 1 is 0.947 bits per heavy atom. The number of piperazine rings is 1. The Hall–Kier alpha value is -3.35. The normalized spacial score (nSPS) is 19.4. The third kappa shape index (κ3) is 5.87. The van der Waals surface area contributed by atoms with E-state index in [1.807, 2.05) is 59.5 Å². The molecule has 2 amide bonds. The summed E-state index contributed by atoms with van der Waals surface area (Å²) < 4.78 is 0. The van der Waals surface area contributed by atoms with Crippen LogP contribution in [0.1, 0.15) is 30.5 Å². The minimum Gasteiger partial charge on any atom is -0.368 e. The number of nitrogens with one attached hydrogen (secondary N) is 2. The van der Waals surface area contributed by atoms with Gasteiger partial charge in [0.05, 0.1) is 6.04 Å². The standard InChI is InChI=1S/C31H35ClN4O2/c1-31(2)26-11-7-6-8-23(26)21-27(34-31)29(37)33-28(20-22-12-14-24(32)15-13-22)30(38)36-18-16-35(17-19-36)25-9-4-3-5-10-25/h3-15,27-28,34H,16-21H2,1-2H3,(H,33,37)/t27?,28-/m1/s1. The Bertz CT molecular complexity index is 1270. The van der Waals surface area contributed by atoms with Crippen LogP contribution >= 0.6 is 11.6 Å². The number of fused-ring (bicyclic) bond motifs is 1. The lowest BCUT2D eigenvalue weighted by molar-refractivity contribution is -0.137. The van der Waals surface area contributed by atoms with Gasteiger partial charge in [-0.05, 0) is 61.2 Å². The van der Waals surface area contributed by atoms with E-state index in [0.29, 0.717) is 31.0 Å². The Morgan fingerprint density at radius 3 is 2.32 bits per heavy atom. The predicted molar refractivity (Wildman–Crippen MR) is 152 cm³/mol. The fraction of sp³-hybridized carbons (Fsp3) is 0.355. The largest absolute Gasteiger partial charge is 0.368 e. The predicted octanol–water partition coefficient (Wildman–Crippen LogP) is 4.17. The molecule has 0 aliphatic carbocycles. The molecule has 0 saturated carbocycles. The lowest BCUT2D eigenvalue weighted by atomic mass is 9.82. The average Bonchev–Trinajstić information content (AvgIpc) is 2.93. The van der Waals surface area contributed by atoms with Crippen molar-refractivity contribution in [1.29, 1.82) is 0 Å². The van der Waals surface area contributed by atoms with Gasteiger partial charge in [0.25, 0.3) is 0 Å². The van der Waals surface area contributed by atoms with Gasteiger partial charge in [-0.15, -0.1) is 0 Å². The Morgan fingerprint density at radius 2 is 1.61 bits per heavy atom. The first kappa shape index (κ1) is 26.3. The van der Waals surface area contributed by atoms with E-state index in [-0.39, 0.29) is 17.4 Å². The highest BCUT2D eigenvalue weighted by atomic mass is 35.5. The Kier molecular flexibility index (Phi) is 7.73. The lowest BCUT2D eigenvalue weighted by Gasteiger charge is -2.40. The second-order valence-corrected chi connectivity index (χ2v) is 11.2. The molecule has 5 rings (SSSR count). The number of carbonyl (C=O) groups excluding carboxylic acids is 2. The van der Waals surface area contributed by atoms with Gasteiger partial charge in [0.1, 0.15) is 6.04 Å². The quantitative estimate of drug-likeness (QED) is 0.502.